The molecule has 0 unspecified atom stereocenters. The molecule has 20 heavy (non-hydrogen) atoms. The average molecular weight is 299 g/mol. The predicted molar refractivity (Wildman–Crippen MR) is 71.9 cm³/mol. The number of sulfonamides is 1. The van der Waals surface area contributed by atoms with Crippen LogP contribution in [0.2, 0.25) is 0 Å². The summed E-state index contributed by atoms with van der Waals surface area (Å²) in [6.07, 6.45) is 2.75. The van der Waals surface area contributed by atoms with E-state index in [9.17, 15) is 17.6 Å². The highest BCUT2D eigenvalue weighted by atomic mass is 32.2. The molecule has 1 fully saturated rings. The first-order chi connectivity index (χ1) is 9.38. The molecule has 0 radical (unpaired) electrons. The van der Waals surface area contributed by atoms with Crippen molar-refractivity contribution < 1.29 is 22.7 Å². The lowest BCUT2D eigenvalue weighted by atomic mass is 10.1. The van der Waals surface area contributed by atoms with Gasteiger partial charge in [-0.15, -0.1) is 0 Å². The van der Waals surface area contributed by atoms with Gasteiger partial charge in [0.1, 0.15) is 5.82 Å². The van der Waals surface area contributed by atoms with Crippen molar-refractivity contribution in [1.29, 1.82) is 0 Å². The summed E-state index contributed by atoms with van der Waals surface area (Å²) in [5, 5.41) is 8.49. The summed E-state index contributed by atoms with van der Waals surface area (Å²) >= 11 is 0. The third-order valence-corrected chi connectivity index (χ3v) is 4.95. The van der Waals surface area contributed by atoms with Crippen LogP contribution in [0.5, 0.6) is 0 Å². The number of carboxylic acids is 1. The Labute approximate surface area is 116 Å². The molecule has 0 atom stereocenters. The van der Waals surface area contributed by atoms with Gasteiger partial charge in [0.05, 0.1) is 5.75 Å². The number of nitrogens with zero attached hydrogens (tertiary/aromatic N) is 1. The number of rotatable bonds is 4. The standard InChI is InChI=1S/C13H14FNO4S/c14-12-8-10(3-5-13(16)17)2-4-11(12)9-15-6-1-7-20(15,18)19/h2-5,8H,1,6-7,9H2,(H,16,17). The van der Waals surface area contributed by atoms with Crippen molar-refractivity contribution in [1.82, 2.24) is 4.31 Å². The second kappa shape index (κ2) is 5.72. The van der Waals surface area contributed by atoms with Crippen LogP contribution in [0.1, 0.15) is 17.5 Å². The monoisotopic (exact) mass is 299 g/mol. The van der Waals surface area contributed by atoms with Crippen LogP contribution in [0.4, 0.5) is 4.39 Å². The molecule has 2 rings (SSSR count). The van der Waals surface area contributed by atoms with E-state index >= 15 is 0 Å². The molecule has 1 aromatic carbocycles. The van der Waals surface area contributed by atoms with Crippen LogP contribution in [0.15, 0.2) is 24.3 Å². The van der Waals surface area contributed by atoms with Gasteiger partial charge in [-0.1, -0.05) is 12.1 Å². The topological polar surface area (TPSA) is 74.7 Å². The van der Waals surface area contributed by atoms with Gasteiger partial charge >= 0.3 is 5.97 Å². The van der Waals surface area contributed by atoms with Gasteiger partial charge in [-0.05, 0) is 24.1 Å². The Morgan fingerprint density at radius 2 is 2.20 bits per heavy atom. The molecule has 1 aliphatic heterocycles. The lowest BCUT2D eigenvalue weighted by Gasteiger charge is -2.14. The lowest BCUT2D eigenvalue weighted by Crippen LogP contribution is -2.25. The summed E-state index contributed by atoms with van der Waals surface area (Å²) in [6, 6.07) is 4.22. The van der Waals surface area contributed by atoms with Crippen molar-refractivity contribution in [2.45, 2.75) is 13.0 Å². The Bertz CT molecular complexity index is 654. The molecule has 0 aliphatic carbocycles. The lowest BCUT2D eigenvalue weighted by molar-refractivity contribution is -0.131. The first-order valence-electron chi connectivity index (χ1n) is 6.06. The molecule has 1 aliphatic rings. The minimum absolute atomic E-state index is 0.0110. The molecule has 0 bridgehead atoms. The van der Waals surface area contributed by atoms with Crippen LogP contribution in [0, 0.1) is 5.82 Å². The van der Waals surface area contributed by atoms with E-state index in [4.69, 9.17) is 5.11 Å². The first kappa shape index (κ1) is 14.7. The normalized spacial score (nSPS) is 18.6. The van der Waals surface area contributed by atoms with E-state index in [-0.39, 0.29) is 17.9 Å². The molecule has 7 heteroatoms. The Hall–Kier alpha value is -1.73. The van der Waals surface area contributed by atoms with Gasteiger partial charge < -0.3 is 5.11 Å². The van der Waals surface area contributed by atoms with Gasteiger partial charge in [-0.2, -0.15) is 4.31 Å². The fraction of sp³-hybridized carbons (Fsp3) is 0.308. The zero-order valence-corrected chi connectivity index (χ0v) is 11.4. The van der Waals surface area contributed by atoms with Gasteiger partial charge in [0.2, 0.25) is 10.0 Å². The fourth-order valence-electron chi connectivity index (χ4n) is 2.02. The van der Waals surface area contributed by atoms with Crippen LogP contribution in [0.25, 0.3) is 6.08 Å². The molecule has 1 aromatic rings. The van der Waals surface area contributed by atoms with Crippen molar-refractivity contribution in [3.05, 3.63) is 41.2 Å². The van der Waals surface area contributed by atoms with Gasteiger partial charge in [0, 0.05) is 24.7 Å². The summed E-state index contributed by atoms with van der Waals surface area (Å²) in [6.45, 7) is 0.416. The minimum atomic E-state index is -3.26. The van der Waals surface area contributed by atoms with E-state index < -0.39 is 21.8 Å². The first-order valence-corrected chi connectivity index (χ1v) is 7.67. The molecular weight excluding hydrogens is 285 g/mol. The van der Waals surface area contributed by atoms with Gasteiger partial charge in [-0.3, -0.25) is 0 Å². The SMILES string of the molecule is O=C(O)C=Cc1ccc(CN2CCCS2(=O)=O)c(F)c1. The van der Waals surface area contributed by atoms with E-state index in [0.717, 1.165) is 6.08 Å². The highest BCUT2D eigenvalue weighted by Gasteiger charge is 2.28. The van der Waals surface area contributed by atoms with Crippen LogP contribution < -0.4 is 0 Å². The second-order valence-corrected chi connectivity index (χ2v) is 6.61. The Balaban J connectivity index is 2.16. The van der Waals surface area contributed by atoms with Gasteiger partial charge in [0.25, 0.3) is 0 Å². The van der Waals surface area contributed by atoms with E-state index in [1.807, 2.05) is 0 Å². The molecule has 1 heterocycles. The largest absolute Gasteiger partial charge is 0.478 e. The number of carboxylic acid groups (broad SMARTS) is 1. The third kappa shape index (κ3) is 3.43. The Morgan fingerprint density at radius 3 is 2.75 bits per heavy atom. The van der Waals surface area contributed by atoms with Crippen LogP contribution in [-0.4, -0.2) is 36.1 Å². The quantitative estimate of drug-likeness (QED) is 0.854. The summed E-state index contributed by atoms with van der Waals surface area (Å²) in [5.74, 6) is -1.55. The number of hydrogen-bond donors (Lipinski definition) is 1. The zero-order chi connectivity index (χ0) is 14.8. The van der Waals surface area contributed by atoms with E-state index in [2.05, 4.69) is 0 Å². The minimum Gasteiger partial charge on any atom is -0.478 e. The maximum Gasteiger partial charge on any atom is 0.328 e. The molecule has 0 saturated carbocycles. The van der Waals surface area contributed by atoms with Crippen molar-refractivity contribution in [3.8, 4) is 0 Å². The van der Waals surface area contributed by atoms with Crippen LogP contribution in [0.3, 0.4) is 0 Å². The molecule has 1 saturated heterocycles. The van der Waals surface area contributed by atoms with Crippen LogP contribution >= 0.6 is 0 Å². The van der Waals surface area contributed by atoms with E-state index in [1.54, 1.807) is 6.07 Å². The molecular formula is C13H14FNO4S. The smallest absolute Gasteiger partial charge is 0.328 e. The average Bonchev–Trinajstić information content (AvgIpc) is 2.69. The highest BCUT2D eigenvalue weighted by Crippen LogP contribution is 2.20. The van der Waals surface area contributed by atoms with E-state index in [0.29, 0.717) is 18.5 Å². The van der Waals surface area contributed by atoms with E-state index in [1.165, 1.54) is 22.5 Å². The van der Waals surface area contributed by atoms with Crippen molar-refractivity contribution in [2.24, 2.45) is 0 Å². The van der Waals surface area contributed by atoms with Crippen molar-refractivity contribution in [2.75, 3.05) is 12.3 Å². The zero-order valence-electron chi connectivity index (χ0n) is 10.6. The molecule has 0 spiro atoms. The third-order valence-electron chi connectivity index (χ3n) is 3.05. The summed E-state index contributed by atoms with van der Waals surface area (Å²) < 4.78 is 38.4. The predicted octanol–water partition coefficient (Wildman–Crippen LogP) is 1.46. The Morgan fingerprint density at radius 1 is 1.45 bits per heavy atom. The number of halogens is 1. The summed E-state index contributed by atoms with van der Waals surface area (Å²) in [7, 11) is -3.26. The van der Waals surface area contributed by atoms with Gasteiger partial charge in [-0.25, -0.2) is 17.6 Å². The molecule has 5 nitrogen and oxygen atoms in total. The molecule has 108 valence electrons. The van der Waals surface area contributed by atoms with Crippen molar-refractivity contribution >= 4 is 22.1 Å². The molecule has 0 amide bonds. The Kier molecular flexibility index (Phi) is 4.20. The number of carbonyl (C=O) groups is 1. The number of aliphatic carboxylic acids is 1. The second-order valence-electron chi connectivity index (χ2n) is 4.53. The summed E-state index contributed by atoms with van der Waals surface area (Å²) in [5.41, 5.74) is 0.695. The maximum atomic E-state index is 13.9. The summed E-state index contributed by atoms with van der Waals surface area (Å²) in [4.78, 5) is 10.4. The molecule has 0 aromatic heterocycles. The van der Waals surface area contributed by atoms with Gasteiger partial charge in [0.15, 0.2) is 0 Å². The highest BCUT2D eigenvalue weighted by molar-refractivity contribution is 7.89. The fourth-order valence-corrected chi connectivity index (χ4v) is 3.52. The number of hydrogen-bond acceptors (Lipinski definition) is 3. The maximum absolute atomic E-state index is 13.9. The van der Waals surface area contributed by atoms with Crippen molar-refractivity contribution in [3.63, 3.8) is 0 Å². The molecule has 1 N–H and O–H groups in total. The van der Waals surface area contributed by atoms with Crippen LogP contribution in [-0.2, 0) is 21.4 Å². The number of benzene rings is 1.